The maximum absolute atomic E-state index is 12.4. The van der Waals surface area contributed by atoms with Crippen molar-refractivity contribution in [2.75, 3.05) is 28.4 Å². The molecule has 0 aliphatic carbocycles. The van der Waals surface area contributed by atoms with Gasteiger partial charge in [0.25, 0.3) is 0 Å². The number of likely N-dealkylation sites (N-methyl/N-ethyl adjacent to an activating group) is 1. The van der Waals surface area contributed by atoms with Gasteiger partial charge in [-0.05, 0) is 42.0 Å². The Labute approximate surface area is 162 Å². The van der Waals surface area contributed by atoms with Crippen LogP contribution in [0.2, 0.25) is 0 Å². The molecule has 2 rings (SSSR count). The van der Waals surface area contributed by atoms with Gasteiger partial charge in [0.1, 0.15) is 5.75 Å². The molecule has 0 aliphatic rings. The van der Waals surface area contributed by atoms with Crippen LogP contribution in [0.5, 0.6) is 17.2 Å². The van der Waals surface area contributed by atoms with Gasteiger partial charge in [-0.1, -0.05) is 22.0 Å². The molecule has 6 heteroatoms. The molecule has 2 aromatic carbocycles. The van der Waals surface area contributed by atoms with Gasteiger partial charge >= 0.3 is 0 Å². The van der Waals surface area contributed by atoms with Gasteiger partial charge in [0.05, 0.1) is 21.3 Å². The van der Waals surface area contributed by atoms with Crippen LogP contribution in [0.25, 0.3) is 6.08 Å². The molecule has 0 unspecified atom stereocenters. The van der Waals surface area contributed by atoms with Gasteiger partial charge < -0.3 is 19.1 Å². The van der Waals surface area contributed by atoms with Crippen molar-refractivity contribution in [1.82, 2.24) is 4.90 Å². The summed E-state index contributed by atoms with van der Waals surface area (Å²) < 4.78 is 16.8. The molecule has 0 aromatic heterocycles. The first-order valence-corrected chi connectivity index (χ1v) is 8.75. The number of amides is 1. The third-order valence-electron chi connectivity index (χ3n) is 3.85. The summed E-state index contributed by atoms with van der Waals surface area (Å²) in [4.78, 5) is 14.0. The van der Waals surface area contributed by atoms with Gasteiger partial charge in [-0.25, -0.2) is 0 Å². The second-order valence-electron chi connectivity index (χ2n) is 5.60. The van der Waals surface area contributed by atoms with E-state index >= 15 is 0 Å². The first-order chi connectivity index (χ1) is 12.5. The van der Waals surface area contributed by atoms with Crippen LogP contribution in [0, 0.1) is 0 Å². The maximum Gasteiger partial charge on any atom is 0.246 e. The number of hydrogen-bond acceptors (Lipinski definition) is 4. The molecule has 5 nitrogen and oxygen atoms in total. The lowest BCUT2D eigenvalue weighted by Crippen LogP contribution is -2.24. The molecule has 1 amide bonds. The van der Waals surface area contributed by atoms with Crippen LogP contribution in [0.4, 0.5) is 0 Å². The average Bonchev–Trinajstić information content (AvgIpc) is 2.65. The Balaban J connectivity index is 2.09. The van der Waals surface area contributed by atoms with Crippen molar-refractivity contribution in [2.45, 2.75) is 6.54 Å². The van der Waals surface area contributed by atoms with Crippen LogP contribution < -0.4 is 14.2 Å². The average molecular weight is 420 g/mol. The number of rotatable bonds is 7. The van der Waals surface area contributed by atoms with Gasteiger partial charge in [0.15, 0.2) is 11.5 Å². The third-order valence-corrected chi connectivity index (χ3v) is 4.35. The number of hydrogen-bond donors (Lipinski definition) is 0. The monoisotopic (exact) mass is 419 g/mol. The van der Waals surface area contributed by atoms with Crippen molar-refractivity contribution in [2.24, 2.45) is 0 Å². The summed E-state index contributed by atoms with van der Waals surface area (Å²) in [5.74, 6) is 1.91. The Morgan fingerprint density at radius 1 is 1.00 bits per heavy atom. The van der Waals surface area contributed by atoms with E-state index in [0.29, 0.717) is 18.0 Å². The largest absolute Gasteiger partial charge is 0.496 e. The Morgan fingerprint density at radius 3 is 2.31 bits per heavy atom. The minimum absolute atomic E-state index is 0.109. The van der Waals surface area contributed by atoms with E-state index in [9.17, 15) is 4.79 Å². The van der Waals surface area contributed by atoms with Crippen LogP contribution >= 0.6 is 15.9 Å². The quantitative estimate of drug-likeness (QED) is 0.632. The molecule has 26 heavy (non-hydrogen) atoms. The number of carbonyl (C=O) groups is 1. The number of carbonyl (C=O) groups excluding carboxylic acids is 1. The lowest BCUT2D eigenvalue weighted by atomic mass is 10.1. The van der Waals surface area contributed by atoms with E-state index < -0.39 is 0 Å². The summed E-state index contributed by atoms with van der Waals surface area (Å²) in [5.41, 5.74) is 1.78. The highest BCUT2D eigenvalue weighted by Crippen LogP contribution is 2.28. The second-order valence-corrected chi connectivity index (χ2v) is 6.51. The molecule has 138 valence electrons. The highest BCUT2D eigenvalue weighted by molar-refractivity contribution is 9.10. The normalized spacial score (nSPS) is 10.7. The van der Waals surface area contributed by atoms with E-state index in [1.54, 1.807) is 45.4 Å². The highest BCUT2D eigenvalue weighted by Gasteiger charge is 2.11. The molecule has 0 atom stereocenters. The number of methoxy groups -OCH3 is 3. The molecule has 0 saturated heterocycles. The standard InChI is InChI=1S/C20H22BrNO4/c1-22(13-15-12-16(21)7-9-17(15)24-2)20(23)10-6-14-5-8-18(25-3)19(11-14)26-4/h5-12H,13H2,1-4H3/b10-6+. The Hall–Kier alpha value is -2.47. The van der Waals surface area contributed by atoms with E-state index in [-0.39, 0.29) is 5.91 Å². The number of benzene rings is 2. The molecule has 0 aliphatic heterocycles. The maximum atomic E-state index is 12.4. The number of ether oxygens (including phenoxy) is 3. The van der Waals surface area contributed by atoms with E-state index in [4.69, 9.17) is 14.2 Å². The van der Waals surface area contributed by atoms with Crippen LogP contribution in [0.3, 0.4) is 0 Å². The zero-order valence-electron chi connectivity index (χ0n) is 15.3. The molecule has 0 N–H and O–H groups in total. The molecule has 0 fully saturated rings. The summed E-state index contributed by atoms with van der Waals surface area (Å²) in [5, 5.41) is 0. The van der Waals surface area contributed by atoms with Crippen molar-refractivity contribution >= 4 is 27.9 Å². The van der Waals surface area contributed by atoms with Crippen molar-refractivity contribution < 1.29 is 19.0 Å². The minimum Gasteiger partial charge on any atom is -0.496 e. The van der Waals surface area contributed by atoms with Crippen molar-refractivity contribution in [3.8, 4) is 17.2 Å². The molecule has 0 bridgehead atoms. The number of nitrogens with zero attached hydrogens (tertiary/aromatic N) is 1. The molecule has 0 spiro atoms. The summed E-state index contributed by atoms with van der Waals surface area (Å²) in [6, 6.07) is 11.2. The lowest BCUT2D eigenvalue weighted by molar-refractivity contribution is -0.125. The lowest BCUT2D eigenvalue weighted by Gasteiger charge is -2.17. The summed E-state index contributed by atoms with van der Waals surface area (Å²) in [7, 11) is 6.53. The van der Waals surface area contributed by atoms with Crippen LogP contribution in [0.15, 0.2) is 46.9 Å². The second kappa shape index (κ2) is 9.29. The molecular weight excluding hydrogens is 398 g/mol. The van der Waals surface area contributed by atoms with E-state index in [1.807, 2.05) is 30.3 Å². The van der Waals surface area contributed by atoms with E-state index in [0.717, 1.165) is 21.3 Å². The number of halogens is 1. The Bertz CT molecular complexity index is 804. The Morgan fingerprint density at radius 2 is 1.65 bits per heavy atom. The van der Waals surface area contributed by atoms with E-state index in [1.165, 1.54) is 6.08 Å². The minimum atomic E-state index is -0.109. The zero-order chi connectivity index (χ0) is 19.1. The van der Waals surface area contributed by atoms with Gasteiger partial charge in [-0.3, -0.25) is 4.79 Å². The molecular formula is C20H22BrNO4. The molecule has 2 aromatic rings. The first-order valence-electron chi connectivity index (χ1n) is 7.96. The van der Waals surface area contributed by atoms with Gasteiger partial charge in [0.2, 0.25) is 5.91 Å². The van der Waals surface area contributed by atoms with Crippen molar-refractivity contribution in [3.05, 3.63) is 58.1 Å². The Kier molecular flexibility index (Phi) is 7.09. The summed E-state index contributed by atoms with van der Waals surface area (Å²) in [6.45, 7) is 0.442. The third kappa shape index (κ3) is 5.02. The van der Waals surface area contributed by atoms with E-state index in [2.05, 4.69) is 15.9 Å². The highest BCUT2D eigenvalue weighted by atomic mass is 79.9. The van der Waals surface area contributed by atoms with Gasteiger partial charge in [0, 0.05) is 29.7 Å². The zero-order valence-corrected chi connectivity index (χ0v) is 16.9. The van der Waals surface area contributed by atoms with Crippen LogP contribution in [-0.2, 0) is 11.3 Å². The van der Waals surface area contributed by atoms with Gasteiger partial charge in [-0.15, -0.1) is 0 Å². The first kappa shape index (κ1) is 19.8. The molecule has 0 radical (unpaired) electrons. The fourth-order valence-corrected chi connectivity index (χ4v) is 2.86. The van der Waals surface area contributed by atoms with Crippen LogP contribution in [-0.4, -0.2) is 39.2 Å². The molecule has 0 saturated carbocycles. The molecule has 0 heterocycles. The smallest absolute Gasteiger partial charge is 0.246 e. The van der Waals surface area contributed by atoms with Gasteiger partial charge in [-0.2, -0.15) is 0 Å². The topological polar surface area (TPSA) is 48.0 Å². The summed E-state index contributed by atoms with van der Waals surface area (Å²) in [6.07, 6.45) is 3.28. The fourth-order valence-electron chi connectivity index (χ4n) is 2.46. The summed E-state index contributed by atoms with van der Waals surface area (Å²) >= 11 is 3.44. The van der Waals surface area contributed by atoms with Crippen molar-refractivity contribution in [3.63, 3.8) is 0 Å². The predicted molar refractivity (Wildman–Crippen MR) is 106 cm³/mol. The fraction of sp³-hybridized carbons (Fsp3) is 0.250. The van der Waals surface area contributed by atoms with Crippen molar-refractivity contribution in [1.29, 1.82) is 0 Å². The predicted octanol–water partition coefficient (Wildman–Crippen LogP) is 4.15. The van der Waals surface area contributed by atoms with Crippen LogP contribution in [0.1, 0.15) is 11.1 Å². The SMILES string of the molecule is COc1ccc(Br)cc1CN(C)C(=O)/C=C/c1ccc(OC)c(OC)c1.